The van der Waals surface area contributed by atoms with Crippen LogP contribution in [-0.4, -0.2) is 39.4 Å². The van der Waals surface area contributed by atoms with Crippen LogP contribution in [0, 0.1) is 6.92 Å². The van der Waals surface area contributed by atoms with E-state index >= 15 is 0 Å². The molecule has 0 amide bonds. The van der Waals surface area contributed by atoms with E-state index in [2.05, 4.69) is 0 Å². The van der Waals surface area contributed by atoms with Gasteiger partial charge in [-0.3, -0.25) is 4.79 Å². The Morgan fingerprint density at radius 1 is 1.19 bits per heavy atom. The average molecular weight is 388 g/mol. The van der Waals surface area contributed by atoms with Gasteiger partial charge in [0.15, 0.2) is 0 Å². The molecule has 3 rings (SSSR count). The van der Waals surface area contributed by atoms with E-state index in [1.807, 2.05) is 37.3 Å². The minimum absolute atomic E-state index is 0.105. The quantitative estimate of drug-likeness (QED) is 0.482. The highest BCUT2D eigenvalue weighted by atomic mass is 32.2. The van der Waals surface area contributed by atoms with Crippen LogP contribution in [0.4, 0.5) is 0 Å². The fourth-order valence-electron chi connectivity index (χ4n) is 2.91. The number of aryl methyl sites for hydroxylation is 1. The van der Waals surface area contributed by atoms with Crippen LogP contribution >= 0.6 is 0 Å². The molecule has 0 N–H and O–H groups in total. The standard InChI is InChI=1S/C21H24O5S/c1-15-11-19(25-9-4-10-27(2,23)24)13-20(26-18-7-8-18)21(15)17-6-3-5-16(12-17)14-22/h3,5-6,11-14,18H,4,7-10H2,1-2H3. The molecule has 144 valence electrons. The van der Waals surface area contributed by atoms with Crippen molar-refractivity contribution in [3.63, 3.8) is 0 Å². The second-order valence-electron chi connectivity index (χ2n) is 7.01. The molecule has 1 saturated carbocycles. The van der Waals surface area contributed by atoms with Gasteiger partial charge in [-0.05, 0) is 49.4 Å². The van der Waals surface area contributed by atoms with E-state index in [9.17, 15) is 13.2 Å². The van der Waals surface area contributed by atoms with Crippen molar-refractivity contribution in [1.29, 1.82) is 0 Å². The number of hydrogen-bond acceptors (Lipinski definition) is 5. The topological polar surface area (TPSA) is 69.7 Å². The van der Waals surface area contributed by atoms with Crippen molar-refractivity contribution in [3.8, 4) is 22.6 Å². The summed E-state index contributed by atoms with van der Waals surface area (Å²) in [6, 6.07) is 11.2. The fourth-order valence-corrected chi connectivity index (χ4v) is 3.56. The maximum absolute atomic E-state index is 11.2. The van der Waals surface area contributed by atoms with Crippen molar-refractivity contribution in [3.05, 3.63) is 47.5 Å². The molecule has 0 spiro atoms. The van der Waals surface area contributed by atoms with E-state index in [0.29, 0.717) is 24.3 Å². The number of benzene rings is 2. The zero-order chi connectivity index (χ0) is 19.4. The molecule has 5 nitrogen and oxygen atoms in total. The van der Waals surface area contributed by atoms with Gasteiger partial charge >= 0.3 is 0 Å². The largest absolute Gasteiger partial charge is 0.493 e. The van der Waals surface area contributed by atoms with Crippen molar-refractivity contribution < 1.29 is 22.7 Å². The molecule has 0 heterocycles. The van der Waals surface area contributed by atoms with Crippen LogP contribution in [0.5, 0.6) is 11.5 Å². The molecule has 0 atom stereocenters. The lowest BCUT2D eigenvalue weighted by atomic mass is 9.97. The first-order valence-corrected chi connectivity index (χ1v) is 11.1. The zero-order valence-corrected chi connectivity index (χ0v) is 16.4. The normalized spacial score (nSPS) is 14.0. The summed E-state index contributed by atoms with van der Waals surface area (Å²) in [5, 5.41) is 0. The maximum atomic E-state index is 11.2. The summed E-state index contributed by atoms with van der Waals surface area (Å²) < 4.78 is 34.3. The molecular formula is C21H24O5S. The summed E-state index contributed by atoms with van der Waals surface area (Å²) in [5.74, 6) is 1.50. The van der Waals surface area contributed by atoms with Gasteiger partial charge in [0.1, 0.15) is 27.6 Å². The van der Waals surface area contributed by atoms with E-state index in [-0.39, 0.29) is 11.9 Å². The second-order valence-corrected chi connectivity index (χ2v) is 9.27. The smallest absolute Gasteiger partial charge is 0.150 e. The first-order chi connectivity index (χ1) is 12.9. The molecule has 2 aromatic rings. The van der Waals surface area contributed by atoms with Crippen LogP contribution in [0.1, 0.15) is 35.2 Å². The van der Waals surface area contributed by atoms with Crippen LogP contribution < -0.4 is 9.47 Å². The van der Waals surface area contributed by atoms with Crippen molar-refractivity contribution >= 4 is 16.1 Å². The minimum Gasteiger partial charge on any atom is -0.493 e. The van der Waals surface area contributed by atoms with Crippen LogP contribution in [0.3, 0.4) is 0 Å². The third-order valence-electron chi connectivity index (χ3n) is 4.33. The van der Waals surface area contributed by atoms with Gasteiger partial charge < -0.3 is 9.47 Å². The monoisotopic (exact) mass is 388 g/mol. The fraction of sp³-hybridized carbons (Fsp3) is 0.381. The van der Waals surface area contributed by atoms with Crippen molar-refractivity contribution in [1.82, 2.24) is 0 Å². The van der Waals surface area contributed by atoms with Crippen molar-refractivity contribution in [2.45, 2.75) is 32.3 Å². The van der Waals surface area contributed by atoms with Crippen LogP contribution in [0.25, 0.3) is 11.1 Å². The highest BCUT2D eigenvalue weighted by molar-refractivity contribution is 7.90. The number of sulfone groups is 1. The number of hydrogen-bond donors (Lipinski definition) is 0. The van der Waals surface area contributed by atoms with E-state index in [1.54, 1.807) is 6.07 Å². The average Bonchev–Trinajstić information content (AvgIpc) is 3.42. The molecule has 1 aliphatic rings. The Hall–Kier alpha value is -2.34. The Bertz CT molecular complexity index is 930. The lowest BCUT2D eigenvalue weighted by Gasteiger charge is -2.17. The maximum Gasteiger partial charge on any atom is 0.150 e. The molecular weight excluding hydrogens is 364 g/mol. The number of carbonyl (C=O) groups is 1. The summed E-state index contributed by atoms with van der Waals surface area (Å²) in [7, 11) is -2.99. The lowest BCUT2D eigenvalue weighted by molar-refractivity contribution is 0.112. The molecule has 2 aromatic carbocycles. The molecule has 1 aliphatic carbocycles. The molecule has 0 aliphatic heterocycles. The molecule has 0 unspecified atom stereocenters. The summed E-state index contributed by atoms with van der Waals surface area (Å²) >= 11 is 0. The molecule has 27 heavy (non-hydrogen) atoms. The molecule has 1 fully saturated rings. The van der Waals surface area contributed by atoms with Gasteiger partial charge in [0.05, 0.1) is 18.5 Å². The Kier molecular flexibility index (Phi) is 5.85. The number of ether oxygens (including phenoxy) is 2. The molecule has 0 bridgehead atoms. The second kappa shape index (κ2) is 8.13. The van der Waals surface area contributed by atoms with Gasteiger partial charge in [0.25, 0.3) is 0 Å². The van der Waals surface area contributed by atoms with Gasteiger partial charge in [-0.15, -0.1) is 0 Å². The molecule has 6 heteroatoms. The predicted octanol–water partition coefficient (Wildman–Crippen LogP) is 3.83. The number of aldehydes is 1. The Morgan fingerprint density at radius 2 is 1.96 bits per heavy atom. The van der Waals surface area contributed by atoms with E-state index in [1.165, 1.54) is 6.26 Å². The first kappa shape index (κ1) is 19.4. The van der Waals surface area contributed by atoms with Crippen LogP contribution in [0.15, 0.2) is 36.4 Å². The summed E-state index contributed by atoms with van der Waals surface area (Å²) in [6.45, 7) is 2.31. The molecule has 0 radical (unpaired) electrons. The molecule has 0 aromatic heterocycles. The van der Waals surface area contributed by atoms with Gasteiger partial charge in [-0.25, -0.2) is 8.42 Å². The first-order valence-electron chi connectivity index (χ1n) is 9.03. The highest BCUT2D eigenvalue weighted by Gasteiger charge is 2.26. The number of rotatable bonds is 9. The minimum atomic E-state index is -2.99. The van der Waals surface area contributed by atoms with Gasteiger partial charge in [-0.2, -0.15) is 0 Å². The van der Waals surface area contributed by atoms with Crippen LogP contribution in [0.2, 0.25) is 0 Å². The molecule has 0 saturated heterocycles. The summed E-state index contributed by atoms with van der Waals surface area (Å²) in [6.07, 6.45) is 4.79. The van der Waals surface area contributed by atoms with Gasteiger partial charge in [0.2, 0.25) is 0 Å². The van der Waals surface area contributed by atoms with Crippen molar-refractivity contribution in [2.75, 3.05) is 18.6 Å². The van der Waals surface area contributed by atoms with E-state index in [0.717, 1.165) is 41.6 Å². The lowest BCUT2D eigenvalue weighted by Crippen LogP contribution is -2.08. The Balaban J connectivity index is 1.85. The van der Waals surface area contributed by atoms with Crippen molar-refractivity contribution in [2.24, 2.45) is 0 Å². The van der Waals surface area contributed by atoms with Crippen LogP contribution in [-0.2, 0) is 9.84 Å². The van der Waals surface area contributed by atoms with E-state index in [4.69, 9.17) is 9.47 Å². The SMILES string of the molecule is Cc1cc(OCCCS(C)(=O)=O)cc(OC2CC2)c1-c1cccc(C=O)c1. The summed E-state index contributed by atoms with van der Waals surface area (Å²) in [5.41, 5.74) is 3.48. The third kappa shape index (κ3) is 5.57. The van der Waals surface area contributed by atoms with Gasteiger partial charge in [0, 0.05) is 23.4 Å². The number of carbonyl (C=O) groups excluding carboxylic acids is 1. The summed E-state index contributed by atoms with van der Waals surface area (Å²) in [4.78, 5) is 11.1. The van der Waals surface area contributed by atoms with E-state index < -0.39 is 9.84 Å². The predicted molar refractivity (Wildman–Crippen MR) is 105 cm³/mol. The third-order valence-corrected chi connectivity index (χ3v) is 5.36. The van der Waals surface area contributed by atoms with Gasteiger partial charge in [-0.1, -0.05) is 18.2 Å². The Labute approximate surface area is 160 Å². The Morgan fingerprint density at radius 3 is 2.63 bits per heavy atom. The highest BCUT2D eigenvalue weighted by Crippen LogP contribution is 2.40. The zero-order valence-electron chi connectivity index (χ0n) is 15.6.